The molecule has 3 aromatic rings. The molecular weight excluding hydrogens is 513 g/mol. The number of nitrogens with zero attached hydrogens (tertiary/aromatic N) is 2. The molecule has 2 aromatic carbocycles. The first-order chi connectivity index (χ1) is 16.0. The second-order valence-electron chi connectivity index (χ2n) is 8.75. The molecule has 0 aliphatic rings. The Kier molecular flexibility index (Phi) is 8.76. The molecule has 34 heavy (non-hydrogen) atoms. The predicted octanol–water partition coefficient (Wildman–Crippen LogP) is 6.67. The van der Waals surface area contributed by atoms with Crippen LogP contribution < -0.4 is 5.32 Å². The SMILES string of the molecule is CC(C)CN(CC(C)C)S(=O)(=O)c1ccc(C(=O)Nc2nc(-c3ccc(Cl)cc3Cl)cs2)cc1. The van der Waals surface area contributed by atoms with Gasteiger partial charge >= 0.3 is 0 Å². The minimum absolute atomic E-state index is 0.166. The fraction of sp³-hybridized carbons (Fsp3) is 0.333. The number of hydrogen-bond donors (Lipinski definition) is 1. The third-order valence-electron chi connectivity index (χ3n) is 4.82. The summed E-state index contributed by atoms with van der Waals surface area (Å²) in [6.45, 7) is 8.82. The summed E-state index contributed by atoms with van der Waals surface area (Å²) in [4.78, 5) is 17.3. The molecule has 1 aromatic heterocycles. The van der Waals surface area contributed by atoms with Crippen molar-refractivity contribution in [2.45, 2.75) is 32.6 Å². The van der Waals surface area contributed by atoms with Crippen LogP contribution in [0.3, 0.4) is 0 Å². The monoisotopic (exact) mass is 539 g/mol. The Morgan fingerprint density at radius 2 is 1.65 bits per heavy atom. The first kappa shape index (κ1) is 26.6. The lowest BCUT2D eigenvalue weighted by molar-refractivity contribution is 0.102. The van der Waals surface area contributed by atoms with Crippen molar-refractivity contribution in [2.75, 3.05) is 18.4 Å². The highest BCUT2D eigenvalue weighted by Gasteiger charge is 2.26. The Balaban J connectivity index is 1.74. The van der Waals surface area contributed by atoms with E-state index in [0.717, 1.165) is 0 Å². The van der Waals surface area contributed by atoms with Gasteiger partial charge in [-0.05, 0) is 54.3 Å². The standard InChI is InChI=1S/C24H27Cl2N3O3S2/c1-15(2)12-29(13-16(3)4)34(31,32)19-8-5-17(6-9-19)23(30)28-24-27-22(14-33-24)20-10-7-18(25)11-21(20)26/h5-11,14-16H,12-13H2,1-4H3,(H,27,28,30). The molecule has 0 saturated carbocycles. The summed E-state index contributed by atoms with van der Waals surface area (Å²) in [5.74, 6) is 0.0160. The Labute approximate surface area is 215 Å². The van der Waals surface area contributed by atoms with Crippen molar-refractivity contribution in [3.63, 3.8) is 0 Å². The fourth-order valence-electron chi connectivity index (χ4n) is 3.33. The molecule has 1 N–H and O–H groups in total. The average molecular weight is 541 g/mol. The maximum absolute atomic E-state index is 13.2. The van der Waals surface area contributed by atoms with Crippen molar-refractivity contribution in [1.29, 1.82) is 0 Å². The number of rotatable bonds is 9. The molecule has 1 heterocycles. The highest BCUT2D eigenvalue weighted by atomic mass is 35.5. The van der Waals surface area contributed by atoms with Crippen molar-refractivity contribution in [3.8, 4) is 11.3 Å². The molecule has 0 aliphatic heterocycles. The molecule has 6 nitrogen and oxygen atoms in total. The summed E-state index contributed by atoms with van der Waals surface area (Å²) < 4.78 is 27.8. The number of sulfonamides is 1. The first-order valence-electron chi connectivity index (χ1n) is 10.8. The number of anilines is 1. The van der Waals surface area contributed by atoms with E-state index in [0.29, 0.717) is 45.1 Å². The molecule has 0 unspecified atom stereocenters. The zero-order chi connectivity index (χ0) is 25.0. The molecule has 10 heteroatoms. The molecule has 1 amide bonds. The van der Waals surface area contributed by atoms with Gasteiger partial charge in [0.05, 0.1) is 15.6 Å². The Morgan fingerprint density at radius 1 is 1.03 bits per heavy atom. The maximum atomic E-state index is 13.2. The number of hydrogen-bond acceptors (Lipinski definition) is 5. The lowest BCUT2D eigenvalue weighted by Crippen LogP contribution is -2.37. The summed E-state index contributed by atoms with van der Waals surface area (Å²) >= 11 is 13.5. The van der Waals surface area contributed by atoms with Gasteiger partial charge in [0.15, 0.2) is 5.13 Å². The number of amides is 1. The van der Waals surface area contributed by atoms with Gasteiger partial charge in [-0.25, -0.2) is 13.4 Å². The van der Waals surface area contributed by atoms with E-state index in [9.17, 15) is 13.2 Å². The van der Waals surface area contributed by atoms with Crippen LogP contribution in [0.15, 0.2) is 52.7 Å². The van der Waals surface area contributed by atoms with E-state index in [1.54, 1.807) is 23.6 Å². The summed E-state index contributed by atoms with van der Waals surface area (Å²) in [6, 6.07) is 11.1. The molecule has 0 aliphatic carbocycles. The van der Waals surface area contributed by atoms with Crippen LogP contribution in [0, 0.1) is 11.8 Å². The van der Waals surface area contributed by atoms with E-state index in [2.05, 4.69) is 10.3 Å². The second-order valence-corrected chi connectivity index (χ2v) is 12.4. The number of carbonyl (C=O) groups is 1. The molecule has 0 bridgehead atoms. The van der Waals surface area contributed by atoms with Gasteiger partial charge in [0, 0.05) is 34.6 Å². The van der Waals surface area contributed by atoms with Crippen LogP contribution in [-0.2, 0) is 10.0 Å². The van der Waals surface area contributed by atoms with Crippen molar-refractivity contribution < 1.29 is 13.2 Å². The van der Waals surface area contributed by atoms with Gasteiger partial charge in [-0.15, -0.1) is 11.3 Å². The minimum Gasteiger partial charge on any atom is -0.298 e. The van der Waals surface area contributed by atoms with Gasteiger partial charge in [-0.2, -0.15) is 4.31 Å². The Bertz CT molecular complexity index is 1250. The normalized spacial score (nSPS) is 12.0. The third-order valence-corrected chi connectivity index (χ3v) is 7.97. The smallest absolute Gasteiger partial charge is 0.257 e. The number of halogens is 2. The lowest BCUT2D eigenvalue weighted by Gasteiger charge is -2.25. The van der Waals surface area contributed by atoms with E-state index < -0.39 is 10.0 Å². The third kappa shape index (κ3) is 6.58. The van der Waals surface area contributed by atoms with Crippen molar-refractivity contribution in [2.24, 2.45) is 11.8 Å². The van der Waals surface area contributed by atoms with Gasteiger partial charge in [0.25, 0.3) is 5.91 Å². The number of carbonyl (C=O) groups excluding carboxylic acids is 1. The van der Waals surface area contributed by atoms with Gasteiger partial charge in [0.2, 0.25) is 10.0 Å². The van der Waals surface area contributed by atoms with E-state index in [1.165, 1.54) is 39.9 Å². The molecule has 3 rings (SSSR count). The van der Waals surface area contributed by atoms with E-state index in [-0.39, 0.29) is 22.6 Å². The Morgan fingerprint density at radius 3 is 2.21 bits per heavy atom. The number of aromatic nitrogens is 1. The molecule has 0 radical (unpaired) electrons. The van der Waals surface area contributed by atoms with Crippen LogP contribution >= 0.6 is 34.5 Å². The van der Waals surface area contributed by atoms with Crippen molar-refractivity contribution in [3.05, 3.63) is 63.5 Å². The molecule has 0 atom stereocenters. The largest absolute Gasteiger partial charge is 0.298 e. The molecule has 182 valence electrons. The van der Waals surface area contributed by atoms with Gasteiger partial charge in [-0.3, -0.25) is 10.1 Å². The molecular formula is C24H27Cl2N3O3S2. The maximum Gasteiger partial charge on any atom is 0.257 e. The highest BCUT2D eigenvalue weighted by Crippen LogP contribution is 2.32. The van der Waals surface area contributed by atoms with Crippen molar-refractivity contribution >= 4 is 55.6 Å². The predicted molar refractivity (Wildman–Crippen MR) is 140 cm³/mol. The second kappa shape index (κ2) is 11.2. The average Bonchev–Trinajstić information content (AvgIpc) is 3.20. The van der Waals surface area contributed by atoms with E-state index in [4.69, 9.17) is 23.2 Å². The lowest BCUT2D eigenvalue weighted by atomic mass is 10.2. The van der Waals surface area contributed by atoms with E-state index >= 15 is 0 Å². The molecule has 0 spiro atoms. The van der Waals surface area contributed by atoms with E-state index in [1.807, 2.05) is 27.7 Å². The molecule has 0 saturated heterocycles. The van der Waals surface area contributed by atoms with Crippen LogP contribution in [0.2, 0.25) is 10.0 Å². The summed E-state index contributed by atoms with van der Waals surface area (Å²) in [5, 5.41) is 5.94. The van der Waals surface area contributed by atoms with Crippen LogP contribution in [0.5, 0.6) is 0 Å². The highest BCUT2D eigenvalue weighted by molar-refractivity contribution is 7.89. The van der Waals surface area contributed by atoms with Crippen molar-refractivity contribution in [1.82, 2.24) is 9.29 Å². The van der Waals surface area contributed by atoms with Gasteiger partial charge in [-0.1, -0.05) is 50.9 Å². The summed E-state index contributed by atoms with van der Waals surface area (Å²) in [7, 11) is -3.66. The fourth-order valence-corrected chi connectivity index (χ4v) is 6.31. The van der Waals surface area contributed by atoms with Crippen LogP contribution in [0.1, 0.15) is 38.1 Å². The summed E-state index contributed by atoms with van der Waals surface area (Å²) in [5.41, 5.74) is 1.67. The van der Waals surface area contributed by atoms with Gasteiger partial charge < -0.3 is 0 Å². The Hall–Kier alpha value is -1.97. The first-order valence-corrected chi connectivity index (χ1v) is 13.9. The van der Waals surface area contributed by atoms with Crippen LogP contribution in [0.25, 0.3) is 11.3 Å². The summed E-state index contributed by atoms with van der Waals surface area (Å²) in [6.07, 6.45) is 0. The molecule has 0 fully saturated rings. The van der Waals surface area contributed by atoms with Crippen LogP contribution in [0.4, 0.5) is 5.13 Å². The number of nitrogens with one attached hydrogen (secondary N) is 1. The van der Waals surface area contributed by atoms with Crippen LogP contribution in [-0.4, -0.2) is 36.7 Å². The zero-order valence-electron chi connectivity index (χ0n) is 19.4. The number of thiazole rings is 1. The zero-order valence-corrected chi connectivity index (χ0v) is 22.5. The van der Waals surface area contributed by atoms with Gasteiger partial charge in [0.1, 0.15) is 0 Å². The quantitative estimate of drug-likeness (QED) is 0.329. The number of benzene rings is 2. The topological polar surface area (TPSA) is 79.4 Å². The minimum atomic E-state index is -3.66.